The van der Waals surface area contributed by atoms with Gasteiger partial charge in [0.25, 0.3) is 0 Å². The lowest BCUT2D eigenvalue weighted by Crippen LogP contribution is -2.42. The number of hydrogen-bond donors (Lipinski definition) is 2. The molecule has 1 amide bonds. The van der Waals surface area contributed by atoms with Gasteiger partial charge < -0.3 is 25.0 Å². The summed E-state index contributed by atoms with van der Waals surface area (Å²) in [6, 6.07) is 9.34. The number of nitrogens with one attached hydrogen (secondary N) is 2. The molecule has 1 aromatic carbocycles. The number of nitrogens with zero attached hydrogens (tertiary/aromatic N) is 6. The summed E-state index contributed by atoms with van der Waals surface area (Å²) in [6.07, 6.45) is 4.82. The van der Waals surface area contributed by atoms with Crippen molar-refractivity contribution in [2.24, 2.45) is 0 Å². The van der Waals surface area contributed by atoms with Gasteiger partial charge in [-0.05, 0) is 17.7 Å². The lowest BCUT2D eigenvalue weighted by Gasteiger charge is -2.26. The van der Waals surface area contributed by atoms with Crippen molar-refractivity contribution in [1.29, 1.82) is 5.26 Å². The van der Waals surface area contributed by atoms with Crippen molar-refractivity contribution < 1.29 is 14.3 Å². The summed E-state index contributed by atoms with van der Waals surface area (Å²) in [6.45, 7) is 2.88. The molecule has 0 saturated carbocycles. The molecule has 1 aliphatic heterocycles. The Hall–Kier alpha value is -3.88. The molecule has 2 aromatic heterocycles. The molecule has 0 aliphatic carbocycles. The van der Waals surface area contributed by atoms with Crippen LogP contribution in [-0.2, 0) is 22.6 Å². The van der Waals surface area contributed by atoms with Gasteiger partial charge in [0.1, 0.15) is 23.4 Å². The topological polar surface area (TPSA) is 130 Å². The number of anilines is 3. The number of aromatic nitrogens is 4. The molecule has 34 heavy (non-hydrogen) atoms. The van der Waals surface area contributed by atoms with Crippen LogP contribution >= 0.6 is 11.6 Å². The second-order valence-electron chi connectivity index (χ2n) is 7.38. The molecule has 1 fully saturated rings. The van der Waals surface area contributed by atoms with E-state index < -0.39 is 0 Å². The van der Waals surface area contributed by atoms with Crippen molar-refractivity contribution in [1.82, 2.24) is 24.6 Å². The van der Waals surface area contributed by atoms with Crippen molar-refractivity contribution >= 4 is 35.0 Å². The van der Waals surface area contributed by atoms with Crippen LogP contribution in [0.25, 0.3) is 0 Å². The minimum Gasteiger partial charge on any atom is -0.479 e. The highest BCUT2D eigenvalue weighted by Crippen LogP contribution is 2.22. The molecular weight excluding hydrogens is 460 g/mol. The Bertz CT molecular complexity index is 1170. The Labute approximate surface area is 201 Å². The van der Waals surface area contributed by atoms with Crippen LogP contribution in [0.3, 0.4) is 0 Å². The van der Waals surface area contributed by atoms with Crippen LogP contribution in [-0.4, -0.2) is 63.5 Å². The van der Waals surface area contributed by atoms with Gasteiger partial charge in [0.15, 0.2) is 12.4 Å². The van der Waals surface area contributed by atoms with Gasteiger partial charge in [-0.25, -0.2) is 4.98 Å². The molecule has 1 aliphatic rings. The lowest BCUT2D eigenvalue weighted by molar-refractivity contribution is -0.136. The van der Waals surface area contributed by atoms with Crippen molar-refractivity contribution in [3.63, 3.8) is 0 Å². The van der Waals surface area contributed by atoms with Gasteiger partial charge in [-0.3, -0.25) is 9.48 Å². The third kappa shape index (κ3) is 6.34. The first-order valence-electron chi connectivity index (χ1n) is 10.6. The summed E-state index contributed by atoms with van der Waals surface area (Å²) in [4.78, 5) is 22.8. The molecule has 0 spiro atoms. The van der Waals surface area contributed by atoms with Crippen LogP contribution < -0.4 is 15.4 Å². The molecule has 176 valence electrons. The predicted octanol–water partition coefficient (Wildman–Crippen LogP) is 2.44. The van der Waals surface area contributed by atoms with Crippen LogP contribution in [0.1, 0.15) is 5.56 Å². The van der Waals surface area contributed by atoms with Gasteiger partial charge in [0, 0.05) is 25.8 Å². The van der Waals surface area contributed by atoms with E-state index in [1.165, 1.54) is 6.20 Å². The Morgan fingerprint density at radius 2 is 2.15 bits per heavy atom. The van der Waals surface area contributed by atoms with Crippen LogP contribution in [0, 0.1) is 11.3 Å². The number of nitriles is 1. The molecule has 0 bridgehead atoms. The number of carbonyl (C=O) groups excluding carboxylic acids is 1. The van der Waals surface area contributed by atoms with Crippen LogP contribution in [0.5, 0.6) is 5.75 Å². The third-order valence-corrected chi connectivity index (χ3v) is 5.23. The molecule has 0 atom stereocenters. The second kappa shape index (κ2) is 11.3. The van der Waals surface area contributed by atoms with E-state index >= 15 is 0 Å². The smallest absolute Gasteiger partial charge is 0.244 e. The molecule has 12 heteroatoms. The van der Waals surface area contributed by atoms with Crippen LogP contribution in [0.15, 0.2) is 42.9 Å². The van der Waals surface area contributed by atoms with Crippen molar-refractivity contribution in [2.45, 2.75) is 13.1 Å². The van der Waals surface area contributed by atoms with Gasteiger partial charge >= 0.3 is 0 Å². The minimum absolute atomic E-state index is 0.00530. The zero-order chi connectivity index (χ0) is 23.8. The maximum absolute atomic E-state index is 12.4. The molecule has 1 saturated heterocycles. The van der Waals surface area contributed by atoms with Crippen molar-refractivity contribution in [3.8, 4) is 11.8 Å². The van der Waals surface area contributed by atoms with E-state index in [9.17, 15) is 4.79 Å². The average molecular weight is 483 g/mol. The summed E-state index contributed by atoms with van der Waals surface area (Å²) in [5.41, 5.74) is 1.58. The Kier molecular flexibility index (Phi) is 7.75. The first kappa shape index (κ1) is 23.3. The fourth-order valence-corrected chi connectivity index (χ4v) is 3.45. The van der Waals surface area contributed by atoms with E-state index in [-0.39, 0.29) is 19.1 Å². The highest BCUT2D eigenvalue weighted by Gasteiger charge is 2.17. The van der Waals surface area contributed by atoms with E-state index in [2.05, 4.69) is 25.7 Å². The SMILES string of the molecule is N#CCOc1cccc(CNc2nc(Nc3cnn(CC(=O)N4CCOCC4)c3)ncc2Cl)c1. The predicted molar refractivity (Wildman–Crippen MR) is 125 cm³/mol. The molecule has 4 rings (SSSR count). The summed E-state index contributed by atoms with van der Waals surface area (Å²) in [5, 5.41) is 19.5. The number of carbonyl (C=O) groups is 1. The Balaban J connectivity index is 1.35. The van der Waals surface area contributed by atoms with E-state index in [4.69, 9.17) is 26.3 Å². The number of ether oxygens (including phenoxy) is 2. The van der Waals surface area contributed by atoms with E-state index in [0.717, 1.165) is 5.56 Å². The van der Waals surface area contributed by atoms with Crippen molar-refractivity contribution in [2.75, 3.05) is 43.5 Å². The Morgan fingerprint density at radius 3 is 2.97 bits per heavy atom. The van der Waals surface area contributed by atoms with E-state index in [1.54, 1.807) is 28.0 Å². The molecule has 0 radical (unpaired) electrons. The molecular formula is C22H23ClN8O3. The largest absolute Gasteiger partial charge is 0.479 e. The highest BCUT2D eigenvalue weighted by molar-refractivity contribution is 6.32. The number of hydrogen-bond acceptors (Lipinski definition) is 9. The average Bonchev–Trinajstić information content (AvgIpc) is 3.30. The summed E-state index contributed by atoms with van der Waals surface area (Å²) in [5.74, 6) is 1.39. The minimum atomic E-state index is -0.0123. The quantitative estimate of drug-likeness (QED) is 0.472. The fraction of sp³-hybridized carbons (Fsp3) is 0.318. The number of rotatable bonds is 9. The van der Waals surface area contributed by atoms with Gasteiger partial charge in [-0.1, -0.05) is 23.7 Å². The number of amides is 1. The standard InChI is InChI=1S/C22H23ClN8O3/c23-19-13-26-22(29-21(19)25-11-16-2-1-3-18(10-16)34-7-4-24)28-17-12-27-31(14-17)15-20(32)30-5-8-33-9-6-30/h1-3,10,12-14H,5-9,11,15H2,(H2,25,26,28,29). The van der Waals surface area contributed by atoms with E-state index in [1.807, 2.05) is 24.3 Å². The number of halogens is 1. The van der Waals surface area contributed by atoms with E-state index in [0.29, 0.717) is 61.1 Å². The van der Waals surface area contributed by atoms with Crippen molar-refractivity contribution in [3.05, 3.63) is 53.4 Å². The van der Waals surface area contributed by atoms with Gasteiger partial charge in [0.05, 0.1) is 31.3 Å². The summed E-state index contributed by atoms with van der Waals surface area (Å²) in [7, 11) is 0. The monoisotopic (exact) mass is 482 g/mol. The maximum atomic E-state index is 12.4. The normalized spacial score (nSPS) is 13.2. The van der Waals surface area contributed by atoms with Gasteiger partial charge in [-0.2, -0.15) is 15.3 Å². The first-order chi connectivity index (χ1) is 16.6. The second-order valence-corrected chi connectivity index (χ2v) is 7.79. The van der Waals surface area contributed by atoms with Crippen LogP contribution in [0.4, 0.5) is 17.5 Å². The summed E-state index contributed by atoms with van der Waals surface area (Å²) >= 11 is 6.26. The zero-order valence-electron chi connectivity index (χ0n) is 18.3. The molecule has 3 heterocycles. The maximum Gasteiger partial charge on any atom is 0.244 e. The fourth-order valence-electron chi connectivity index (χ4n) is 3.29. The molecule has 0 unspecified atom stereocenters. The summed E-state index contributed by atoms with van der Waals surface area (Å²) < 4.78 is 12.2. The molecule has 2 N–H and O–H groups in total. The van der Waals surface area contributed by atoms with Crippen LogP contribution in [0.2, 0.25) is 5.02 Å². The Morgan fingerprint density at radius 1 is 1.29 bits per heavy atom. The third-order valence-electron chi connectivity index (χ3n) is 4.96. The number of morpholine rings is 1. The highest BCUT2D eigenvalue weighted by atomic mass is 35.5. The zero-order valence-corrected chi connectivity index (χ0v) is 19.0. The first-order valence-corrected chi connectivity index (χ1v) is 11.0. The molecule has 11 nitrogen and oxygen atoms in total. The van der Waals surface area contributed by atoms with Gasteiger partial charge in [-0.15, -0.1) is 0 Å². The molecule has 3 aromatic rings. The lowest BCUT2D eigenvalue weighted by atomic mass is 10.2. The number of benzene rings is 1. The van der Waals surface area contributed by atoms with Gasteiger partial charge in [0.2, 0.25) is 11.9 Å².